The summed E-state index contributed by atoms with van der Waals surface area (Å²) in [6, 6.07) is -0.186. The smallest absolute Gasteiger partial charge is 0.239 e. The first-order chi connectivity index (χ1) is 7.32. The van der Waals surface area contributed by atoms with E-state index < -0.39 is 6.04 Å². The second-order valence-electron chi connectivity index (χ2n) is 5.25. The van der Waals surface area contributed by atoms with Gasteiger partial charge in [-0.1, -0.05) is 13.8 Å². The molecule has 1 saturated carbocycles. The minimum atomic E-state index is -0.424. The number of halogens is 1. The highest BCUT2D eigenvalue weighted by atomic mass is 35.5. The lowest BCUT2D eigenvalue weighted by Crippen LogP contribution is -2.63. The summed E-state index contributed by atoms with van der Waals surface area (Å²) in [5, 5.41) is 0. The highest BCUT2D eigenvalue weighted by Crippen LogP contribution is 2.45. The number of likely N-dealkylation sites (N-methyl/N-ethyl adjacent to an activating group) is 1. The van der Waals surface area contributed by atoms with Crippen LogP contribution >= 0.6 is 12.4 Å². The van der Waals surface area contributed by atoms with E-state index in [1.165, 1.54) is 0 Å². The van der Waals surface area contributed by atoms with E-state index in [4.69, 9.17) is 10.5 Å². The van der Waals surface area contributed by atoms with E-state index in [0.717, 1.165) is 13.0 Å². The summed E-state index contributed by atoms with van der Waals surface area (Å²) < 4.78 is 5.64. The molecule has 1 amide bonds. The predicted octanol–water partition coefficient (Wildman–Crippen LogP) is 1.42. The maximum atomic E-state index is 11.8. The lowest BCUT2D eigenvalue weighted by molar-refractivity contribution is -0.164. The van der Waals surface area contributed by atoms with E-state index in [2.05, 4.69) is 13.8 Å². The van der Waals surface area contributed by atoms with Crippen LogP contribution in [0.5, 0.6) is 0 Å². The molecule has 1 fully saturated rings. The van der Waals surface area contributed by atoms with Gasteiger partial charge in [0.2, 0.25) is 5.91 Å². The molecule has 0 radical (unpaired) electrons. The number of nitrogens with two attached hydrogens (primary N) is 1. The first-order valence-corrected chi connectivity index (χ1v) is 5.96. The molecule has 0 spiro atoms. The number of hydrogen-bond acceptors (Lipinski definition) is 3. The Morgan fingerprint density at radius 2 is 2.12 bits per heavy atom. The average molecular weight is 265 g/mol. The molecule has 0 saturated heterocycles. The molecule has 2 unspecified atom stereocenters. The second kappa shape index (κ2) is 6.03. The third-order valence-electron chi connectivity index (χ3n) is 3.70. The Balaban J connectivity index is 0.00000256. The van der Waals surface area contributed by atoms with E-state index in [-0.39, 0.29) is 35.9 Å². The summed E-state index contributed by atoms with van der Waals surface area (Å²) in [5.74, 6) is 0.00743. The van der Waals surface area contributed by atoms with Gasteiger partial charge in [-0.2, -0.15) is 0 Å². The zero-order valence-electron chi connectivity index (χ0n) is 11.4. The van der Waals surface area contributed by atoms with Crippen molar-refractivity contribution in [2.24, 2.45) is 11.1 Å². The predicted molar refractivity (Wildman–Crippen MR) is 71.3 cm³/mol. The lowest BCUT2D eigenvalue weighted by atomic mass is 9.63. The molecule has 17 heavy (non-hydrogen) atoms. The van der Waals surface area contributed by atoms with Gasteiger partial charge in [0, 0.05) is 25.1 Å². The number of ether oxygens (including phenoxy) is 1. The van der Waals surface area contributed by atoms with E-state index >= 15 is 0 Å². The van der Waals surface area contributed by atoms with Gasteiger partial charge in [-0.3, -0.25) is 4.79 Å². The maximum absolute atomic E-state index is 11.8. The molecule has 1 aliphatic carbocycles. The van der Waals surface area contributed by atoms with Gasteiger partial charge in [-0.05, 0) is 20.3 Å². The summed E-state index contributed by atoms with van der Waals surface area (Å²) in [7, 11) is 1.83. The number of nitrogens with zero attached hydrogens (tertiary/aromatic N) is 1. The van der Waals surface area contributed by atoms with Crippen LogP contribution in [0.3, 0.4) is 0 Å². The van der Waals surface area contributed by atoms with Crippen molar-refractivity contribution in [3.05, 3.63) is 0 Å². The van der Waals surface area contributed by atoms with Crippen molar-refractivity contribution in [2.75, 3.05) is 13.7 Å². The first-order valence-electron chi connectivity index (χ1n) is 5.96. The number of amides is 1. The molecule has 2 N–H and O–H groups in total. The van der Waals surface area contributed by atoms with Crippen molar-refractivity contribution in [3.8, 4) is 0 Å². The van der Waals surface area contributed by atoms with Crippen LogP contribution in [-0.2, 0) is 9.53 Å². The minimum Gasteiger partial charge on any atom is -0.378 e. The molecule has 0 bridgehead atoms. The largest absolute Gasteiger partial charge is 0.378 e. The summed E-state index contributed by atoms with van der Waals surface area (Å²) in [6.07, 6.45) is 1.17. The van der Waals surface area contributed by atoms with Crippen LogP contribution in [0.1, 0.15) is 34.1 Å². The van der Waals surface area contributed by atoms with Crippen molar-refractivity contribution in [1.82, 2.24) is 4.90 Å². The van der Waals surface area contributed by atoms with E-state index in [1.54, 1.807) is 11.8 Å². The molecule has 0 aliphatic heterocycles. The van der Waals surface area contributed by atoms with Gasteiger partial charge in [0.25, 0.3) is 0 Å². The van der Waals surface area contributed by atoms with Crippen LogP contribution < -0.4 is 5.73 Å². The quantitative estimate of drug-likeness (QED) is 0.836. The number of carbonyl (C=O) groups excluding carboxylic acids is 1. The van der Waals surface area contributed by atoms with Crippen LogP contribution in [0.4, 0.5) is 0 Å². The Morgan fingerprint density at radius 1 is 1.59 bits per heavy atom. The SMILES string of the molecule is CCOC1CC(N(C)C(=O)[C@H](C)N)C1(C)C.Cl. The molecule has 0 heterocycles. The van der Waals surface area contributed by atoms with E-state index in [1.807, 2.05) is 14.0 Å². The summed E-state index contributed by atoms with van der Waals surface area (Å²) in [4.78, 5) is 13.6. The molecule has 4 nitrogen and oxygen atoms in total. The normalized spacial score (nSPS) is 27.6. The highest BCUT2D eigenvalue weighted by Gasteiger charge is 2.51. The standard InChI is InChI=1S/C12H24N2O2.ClH/c1-6-16-10-7-9(12(10,3)4)14(5)11(15)8(2)13;/h8-10H,6-7,13H2,1-5H3;1H/t8-,9?,10?;/m0./s1. The monoisotopic (exact) mass is 264 g/mol. The Morgan fingerprint density at radius 3 is 2.47 bits per heavy atom. The molecule has 5 heteroatoms. The maximum Gasteiger partial charge on any atom is 0.239 e. The molecule has 102 valence electrons. The minimum absolute atomic E-state index is 0. The van der Waals surface area contributed by atoms with Gasteiger partial charge < -0.3 is 15.4 Å². The van der Waals surface area contributed by atoms with Crippen molar-refractivity contribution in [3.63, 3.8) is 0 Å². The topological polar surface area (TPSA) is 55.6 Å². The molecule has 0 aromatic heterocycles. The second-order valence-corrected chi connectivity index (χ2v) is 5.25. The van der Waals surface area contributed by atoms with Crippen molar-refractivity contribution >= 4 is 18.3 Å². The third-order valence-corrected chi connectivity index (χ3v) is 3.70. The van der Waals surface area contributed by atoms with Gasteiger partial charge in [-0.15, -0.1) is 12.4 Å². The lowest BCUT2D eigenvalue weighted by Gasteiger charge is -2.55. The van der Waals surface area contributed by atoms with Crippen molar-refractivity contribution < 1.29 is 9.53 Å². The number of hydrogen-bond donors (Lipinski definition) is 1. The fraction of sp³-hybridized carbons (Fsp3) is 0.917. The van der Waals surface area contributed by atoms with Crippen molar-refractivity contribution in [1.29, 1.82) is 0 Å². The summed E-state index contributed by atoms with van der Waals surface area (Å²) >= 11 is 0. The Labute approximate surface area is 110 Å². The van der Waals surface area contributed by atoms with Gasteiger partial charge in [0.05, 0.1) is 12.1 Å². The Kier molecular flexibility index (Phi) is 5.91. The fourth-order valence-corrected chi connectivity index (χ4v) is 2.48. The van der Waals surface area contributed by atoms with Gasteiger partial charge in [-0.25, -0.2) is 0 Å². The molecular formula is C12H25ClN2O2. The average Bonchev–Trinajstić information content (AvgIpc) is 2.21. The van der Waals surface area contributed by atoms with Crippen LogP contribution in [-0.4, -0.2) is 42.6 Å². The van der Waals surface area contributed by atoms with Crippen LogP contribution in [0, 0.1) is 5.41 Å². The molecule has 1 rings (SSSR count). The summed E-state index contributed by atoms with van der Waals surface area (Å²) in [5.41, 5.74) is 5.64. The van der Waals surface area contributed by atoms with Crippen molar-refractivity contribution in [2.45, 2.75) is 52.3 Å². The Bertz CT molecular complexity index is 269. The van der Waals surface area contributed by atoms with Gasteiger partial charge >= 0.3 is 0 Å². The van der Waals surface area contributed by atoms with Crippen LogP contribution in [0.25, 0.3) is 0 Å². The highest BCUT2D eigenvalue weighted by molar-refractivity contribution is 5.85. The number of carbonyl (C=O) groups is 1. The van der Waals surface area contributed by atoms with E-state index in [0.29, 0.717) is 0 Å². The van der Waals surface area contributed by atoms with Gasteiger partial charge in [0.15, 0.2) is 0 Å². The molecule has 3 atom stereocenters. The molecular weight excluding hydrogens is 240 g/mol. The zero-order chi connectivity index (χ0) is 12.5. The molecule has 0 aromatic rings. The van der Waals surface area contributed by atoms with Crippen LogP contribution in [0.2, 0.25) is 0 Å². The Hall–Kier alpha value is -0.320. The summed E-state index contributed by atoms with van der Waals surface area (Å²) in [6.45, 7) is 8.75. The van der Waals surface area contributed by atoms with Gasteiger partial charge in [0.1, 0.15) is 0 Å². The molecule has 1 aliphatic rings. The fourth-order valence-electron chi connectivity index (χ4n) is 2.48. The first kappa shape index (κ1) is 16.7. The van der Waals surface area contributed by atoms with Crippen LogP contribution in [0.15, 0.2) is 0 Å². The zero-order valence-corrected chi connectivity index (χ0v) is 12.2. The van der Waals surface area contributed by atoms with E-state index in [9.17, 15) is 4.79 Å². The molecule has 0 aromatic carbocycles. The third kappa shape index (κ3) is 3.12. The number of rotatable bonds is 4.